The lowest BCUT2D eigenvalue weighted by molar-refractivity contribution is 0.579. The van der Waals surface area contributed by atoms with Crippen molar-refractivity contribution >= 4 is 22.6 Å². The lowest BCUT2D eigenvalue weighted by atomic mass is 10.1. The normalized spacial score (nSPS) is 11.0. The SMILES string of the molecule is CCn1nnc(I)c1C(C)C. The Morgan fingerprint density at radius 2 is 2.18 bits per heavy atom. The minimum absolute atomic E-state index is 0.511. The van der Waals surface area contributed by atoms with Crippen molar-refractivity contribution in [2.45, 2.75) is 33.2 Å². The van der Waals surface area contributed by atoms with Gasteiger partial charge in [0.25, 0.3) is 0 Å². The molecule has 1 aromatic rings. The van der Waals surface area contributed by atoms with E-state index >= 15 is 0 Å². The molecule has 1 heterocycles. The van der Waals surface area contributed by atoms with E-state index in [0.717, 1.165) is 10.2 Å². The highest BCUT2D eigenvalue weighted by Crippen LogP contribution is 2.18. The molecule has 4 heteroatoms. The Bertz CT molecular complexity index is 242. The average molecular weight is 265 g/mol. The van der Waals surface area contributed by atoms with Crippen molar-refractivity contribution in [3.63, 3.8) is 0 Å². The molecule has 0 radical (unpaired) electrons. The van der Waals surface area contributed by atoms with Gasteiger partial charge < -0.3 is 0 Å². The number of hydrogen-bond acceptors (Lipinski definition) is 2. The van der Waals surface area contributed by atoms with Gasteiger partial charge in [0.15, 0.2) is 0 Å². The zero-order chi connectivity index (χ0) is 8.43. The van der Waals surface area contributed by atoms with E-state index in [-0.39, 0.29) is 0 Å². The summed E-state index contributed by atoms with van der Waals surface area (Å²) in [5.74, 6) is 0.511. The van der Waals surface area contributed by atoms with Crippen LogP contribution in [-0.4, -0.2) is 15.0 Å². The number of nitrogens with zero attached hydrogens (tertiary/aromatic N) is 3. The Kier molecular flexibility index (Phi) is 2.86. The van der Waals surface area contributed by atoms with E-state index in [1.54, 1.807) is 0 Å². The number of hydrogen-bond donors (Lipinski definition) is 0. The Labute approximate surface area is 80.3 Å². The lowest BCUT2D eigenvalue weighted by Gasteiger charge is -2.05. The van der Waals surface area contributed by atoms with Gasteiger partial charge in [-0.15, -0.1) is 5.10 Å². The molecular weight excluding hydrogens is 253 g/mol. The first-order chi connectivity index (χ1) is 5.16. The smallest absolute Gasteiger partial charge is 0.146 e. The van der Waals surface area contributed by atoms with E-state index < -0.39 is 0 Å². The monoisotopic (exact) mass is 265 g/mol. The van der Waals surface area contributed by atoms with Crippen LogP contribution in [0.2, 0.25) is 0 Å². The predicted molar refractivity (Wildman–Crippen MR) is 52.5 cm³/mol. The van der Waals surface area contributed by atoms with Crippen LogP contribution < -0.4 is 0 Å². The topological polar surface area (TPSA) is 30.7 Å². The van der Waals surface area contributed by atoms with Gasteiger partial charge in [-0.3, -0.25) is 0 Å². The summed E-state index contributed by atoms with van der Waals surface area (Å²) in [7, 11) is 0. The summed E-state index contributed by atoms with van der Waals surface area (Å²) in [6, 6.07) is 0. The van der Waals surface area contributed by atoms with Crippen molar-refractivity contribution in [1.82, 2.24) is 15.0 Å². The maximum Gasteiger partial charge on any atom is 0.146 e. The van der Waals surface area contributed by atoms with Gasteiger partial charge in [-0.25, -0.2) is 4.68 Å². The fraction of sp³-hybridized carbons (Fsp3) is 0.714. The molecule has 0 bridgehead atoms. The van der Waals surface area contributed by atoms with Gasteiger partial charge in [-0.1, -0.05) is 19.1 Å². The van der Waals surface area contributed by atoms with E-state index in [0.29, 0.717) is 5.92 Å². The third-order valence-electron chi connectivity index (χ3n) is 1.58. The van der Waals surface area contributed by atoms with Crippen LogP contribution in [0.25, 0.3) is 0 Å². The molecule has 1 rings (SSSR count). The third kappa shape index (κ3) is 1.72. The highest BCUT2D eigenvalue weighted by molar-refractivity contribution is 14.1. The molecule has 0 aliphatic rings. The number of halogens is 1. The summed E-state index contributed by atoms with van der Waals surface area (Å²) in [4.78, 5) is 0. The molecule has 0 aromatic carbocycles. The van der Waals surface area contributed by atoms with Crippen molar-refractivity contribution in [3.8, 4) is 0 Å². The zero-order valence-corrected chi connectivity index (χ0v) is 9.16. The summed E-state index contributed by atoms with van der Waals surface area (Å²) in [5, 5.41) is 8.02. The first-order valence-corrected chi connectivity index (χ1v) is 4.83. The van der Waals surface area contributed by atoms with Crippen molar-refractivity contribution in [2.24, 2.45) is 0 Å². The van der Waals surface area contributed by atoms with Crippen LogP contribution in [-0.2, 0) is 6.54 Å². The molecule has 0 spiro atoms. The van der Waals surface area contributed by atoms with Gasteiger partial charge in [-0.2, -0.15) is 0 Å². The van der Waals surface area contributed by atoms with Crippen LogP contribution in [0.4, 0.5) is 0 Å². The molecule has 62 valence electrons. The lowest BCUT2D eigenvalue weighted by Crippen LogP contribution is -2.04. The summed E-state index contributed by atoms with van der Waals surface area (Å²) in [6.45, 7) is 7.31. The predicted octanol–water partition coefficient (Wildman–Crippen LogP) is 2.03. The van der Waals surface area contributed by atoms with Crippen molar-refractivity contribution in [3.05, 3.63) is 9.39 Å². The first-order valence-electron chi connectivity index (χ1n) is 3.75. The minimum atomic E-state index is 0.511. The molecule has 0 aliphatic carbocycles. The Balaban J connectivity index is 3.07. The van der Waals surface area contributed by atoms with Crippen LogP contribution in [0.3, 0.4) is 0 Å². The molecule has 0 amide bonds. The standard InChI is InChI=1S/C7H12IN3/c1-4-11-6(5(2)3)7(8)9-10-11/h5H,4H2,1-3H3. The second-order valence-electron chi connectivity index (χ2n) is 2.74. The molecule has 0 fully saturated rings. The van der Waals surface area contributed by atoms with Crippen LogP contribution in [0.5, 0.6) is 0 Å². The number of aromatic nitrogens is 3. The van der Waals surface area contributed by atoms with Crippen molar-refractivity contribution in [1.29, 1.82) is 0 Å². The van der Waals surface area contributed by atoms with Gasteiger partial charge in [0, 0.05) is 6.54 Å². The number of aryl methyl sites for hydroxylation is 1. The average Bonchev–Trinajstić information content (AvgIpc) is 2.30. The highest BCUT2D eigenvalue weighted by atomic mass is 127. The summed E-state index contributed by atoms with van der Waals surface area (Å²) in [6.07, 6.45) is 0. The minimum Gasteiger partial charge on any atom is -0.248 e. The fourth-order valence-corrected chi connectivity index (χ4v) is 2.07. The van der Waals surface area contributed by atoms with E-state index in [1.165, 1.54) is 5.69 Å². The van der Waals surface area contributed by atoms with Crippen molar-refractivity contribution < 1.29 is 0 Å². The fourth-order valence-electron chi connectivity index (χ4n) is 1.07. The largest absolute Gasteiger partial charge is 0.248 e. The van der Waals surface area contributed by atoms with E-state index in [2.05, 4.69) is 53.7 Å². The maximum absolute atomic E-state index is 4.01. The van der Waals surface area contributed by atoms with E-state index in [4.69, 9.17) is 0 Å². The summed E-state index contributed by atoms with van der Waals surface area (Å²) >= 11 is 2.23. The number of rotatable bonds is 2. The quantitative estimate of drug-likeness (QED) is 0.766. The van der Waals surface area contributed by atoms with Crippen LogP contribution >= 0.6 is 22.6 Å². The molecule has 1 aromatic heterocycles. The second kappa shape index (κ2) is 3.51. The highest BCUT2D eigenvalue weighted by Gasteiger charge is 2.11. The summed E-state index contributed by atoms with van der Waals surface area (Å²) < 4.78 is 2.98. The van der Waals surface area contributed by atoms with Gasteiger partial charge in [0.2, 0.25) is 0 Å². The molecular formula is C7H12IN3. The van der Waals surface area contributed by atoms with Gasteiger partial charge in [0.05, 0.1) is 5.69 Å². The molecule has 3 nitrogen and oxygen atoms in total. The summed E-state index contributed by atoms with van der Waals surface area (Å²) in [5.41, 5.74) is 1.24. The Hall–Kier alpha value is -0.130. The van der Waals surface area contributed by atoms with Gasteiger partial charge in [0.1, 0.15) is 3.70 Å². The maximum atomic E-state index is 4.01. The van der Waals surface area contributed by atoms with Crippen molar-refractivity contribution in [2.75, 3.05) is 0 Å². The molecule has 0 aliphatic heterocycles. The van der Waals surface area contributed by atoms with Crippen LogP contribution in [0, 0.1) is 3.70 Å². The Morgan fingerprint density at radius 1 is 1.55 bits per heavy atom. The third-order valence-corrected chi connectivity index (χ3v) is 2.34. The van der Waals surface area contributed by atoms with E-state index in [1.807, 2.05) is 4.68 Å². The molecule has 0 saturated heterocycles. The molecule has 0 atom stereocenters. The van der Waals surface area contributed by atoms with Crippen LogP contribution in [0.1, 0.15) is 32.4 Å². The second-order valence-corrected chi connectivity index (χ2v) is 3.76. The van der Waals surface area contributed by atoms with Gasteiger partial charge in [-0.05, 0) is 35.4 Å². The van der Waals surface area contributed by atoms with E-state index in [9.17, 15) is 0 Å². The zero-order valence-electron chi connectivity index (χ0n) is 7.00. The van der Waals surface area contributed by atoms with Gasteiger partial charge >= 0.3 is 0 Å². The molecule has 11 heavy (non-hydrogen) atoms. The molecule has 0 saturated carbocycles. The Morgan fingerprint density at radius 3 is 2.55 bits per heavy atom. The molecule has 0 unspecified atom stereocenters. The molecule has 0 N–H and O–H groups in total. The first kappa shape index (κ1) is 8.96. The van der Waals surface area contributed by atoms with Crippen LogP contribution in [0.15, 0.2) is 0 Å².